The van der Waals surface area contributed by atoms with Gasteiger partial charge in [0.15, 0.2) is 0 Å². The van der Waals surface area contributed by atoms with Crippen LogP contribution in [0.1, 0.15) is 36.9 Å². The van der Waals surface area contributed by atoms with E-state index in [-0.39, 0.29) is 23.9 Å². The van der Waals surface area contributed by atoms with Crippen LogP contribution in [0.3, 0.4) is 0 Å². The SMILES string of the molecule is COc1ccc(F)cc1[C@@H](C)NC(=O)NC1CCN(Cc2ccccc2)CC1. The van der Waals surface area contributed by atoms with E-state index in [1.54, 1.807) is 6.07 Å². The summed E-state index contributed by atoms with van der Waals surface area (Å²) in [6.45, 7) is 4.66. The molecule has 0 radical (unpaired) electrons. The van der Waals surface area contributed by atoms with Crippen molar-refractivity contribution >= 4 is 6.03 Å². The molecule has 28 heavy (non-hydrogen) atoms. The lowest BCUT2D eigenvalue weighted by Gasteiger charge is -2.32. The van der Waals surface area contributed by atoms with Crippen LogP contribution in [0.5, 0.6) is 5.75 Å². The fourth-order valence-electron chi connectivity index (χ4n) is 3.62. The predicted octanol–water partition coefficient (Wildman–Crippen LogP) is 3.86. The van der Waals surface area contributed by atoms with E-state index in [1.165, 1.54) is 24.8 Å². The molecular formula is C22H28FN3O2. The van der Waals surface area contributed by atoms with Gasteiger partial charge in [-0.25, -0.2) is 9.18 Å². The summed E-state index contributed by atoms with van der Waals surface area (Å²) in [5.74, 6) is 0.207. The molecule has 6 heteroatoms. The Morgan fingerprint density at radius 2 is 1.93 bits per heavy atom. The van der Waals surface area contributed by atoms with Gasteiger partial charge in [0.2, 0.25) is 0 Å². The molecule has 5 nitrogen and oxygen atoms in total. The van der Waals surface area contributed by atoms with Gasteiger partial charge < -0.3 is 15.4 Å². The zero-order valence-electron chi connectivity index (χ0n) is 16.5. The van der Waals surface area contributed by atoms with E-state index >= 15 is 0 Å². The van der Waals surface area contributed by atoms with E-state index in [9.17, 15) is 9.18 Å². The molecule has 0 aliphatic carbocycles. The summed E-state index contributed by atoms with van der Waals surface area (Å²) >= 11 is 0. The van der Waals surface area contributed by atoms with Crippen molar-refractivity contribution in [3.63, 3.8) is 0 Å². The molecule has 0 bridgehead atoms. The smallest absolute Gasteiger partial charge is 0.315 e. The molecule has 2 aromatic carbocycles. The maximum Gasteiger partial charge on any atom is 0.315 e. The predicted molar refractivity (Wildman–Crippen MR) is 108 cm³/mol. The molecule has 1 saturated heterocycles. The van der Waals surface area contributed by atoms with Gasteiger partial charge in [0.1, 0.15) is 11.6 Å². The van der Waals surface area contributed by atoms with Crippen LogP contribution >= 0.6 is 0 Å². The lowest BCUT2D eigenvalue weighted by Crippen LogP contribution is -2.48. The van der Waals surface area contributed by atoms with Crippen molar-refractivity contribution in [3.05, 3.63) is 65.5 Å². The number of hydrogen-bond donors (Lipinski definition) is 2. The Bertz CT molecular complexity index is 777. The van der Waals surface area contributed by atoms with E-state index in [0.29, 0.717) is 11.3 Å². The molecule has 0 unspecified atom stereocenters. The van der Waals surface area contributed by atoms with Gasteiger partial charge in [0.05, 0.1) is 13.2 Å². The summed E-state index contributed by atoms with van der Waals surface area (Å²) in [5, 5.41) is 5.93. The van der Waals surface area contributed by atoms with Gasteiger partial charge in [-0.15, -0.1) is 0 Å². The molecule has 2 N–H and O–H groups in total. The van der Waals surface area contributed by atoms with Crippen LogP contribution in [0.2, 0.25) is 0 Å². The minimum absolute atomic E-state index is 0.147. The molecule has 0 saturated carbocycles. The number of nitrogens with one attached hydrogen (secondary N) is 2. The lowest BCUT2D eigenvalue weighted by molar-refractivity contribution is 0.186. The number of likely N-dealkylation sites (tertiary alicyclic amines) is 1. The summed E-state index contributed by atoms with van der Waals surface area (Å²) in [6.07, 6.45) is 1.83. The highest BCUT2D eigenvalue weighted by Crippen LogP contribution is 2.25. The monoisotopic (exact) mass is 385 g/mol. The number of ether oxygens (including phenoxy) is 1. The summed E-state index contributed by atoms with van der Waals surface area (Å²) in [4.78, 5) is 14.8. The first-order chi connectivity index (χ1) is 13.5. The fourth-order valence-corrected chi connectivity index (χ4v) is 3.62. The first-order valence-electron chi connectivity index (χ1n) is 9.72. The van der Waals surface area contributed by atoms with Crippen LogP contribution in [-0.4, -0.2) is 37.2 Å². The number of piperidine rings is 1. The maximum atomic E-state index is 13.6. The first-order valence-corrected chi connectivity index (χ1v) is 9.72. The number of hydrogen-bond acceptors (Lipinski definition) is 3. The number of rotatable bonds is 6. The van der Waals surface area contributed by atoms with Crippen molar-refractivity contribution in [1.29, 1.82) is 0 Å². The molecule has 1 atom stereocenters. The largest absolute Gasteiger partial charge is 0.496 e. The zero-order chi connectivity index (χ0) is 19.9. The number of carbonyl (C=O) groups excluding carboxylic acids is 1. The highest BCUT2D eigenvalue weighted by atomic mass is 19.1. The first kappa shape index (κ1) is 20.1. The summed E-state index contributed by atoms with van der Waals surface area (Å²) in [7, 11) is 1.53. The molecule has 2 amide bonds. The molecule has 1 aliphatic heterocycles. The molecule has 3 rings (SSSR count). The third-order valence-electron chi connectivity index (χ3n) is 5.18. The van der Waals surface area contributed by atoms with Crippen molar-refractivity contribution in [3.8, 4) is 5.75 Å². The molecule has 0 spiro atoms. The van der Waals surface area contributed by atoms with Gasteiger partial charge in [0.25, 0.3) is 0 Å². The van der Waals surface area contributed by atoms with Crippen LogP contribution in [0, 0.1) is 5.82 Å². The van der Waals surface area contributed by atoms with Gasteiger partial charge in [0, 0.05) is 31.2 Å². The molecule has 2 aromatic rings. The average Bonchev–Trinajstić information content (AvgIpc) is 2.70. The van der Waals surface area contributed by atoms with E-state index < -0.39 is 0 Å². The Morgan fingerprint density at radius 3 is 2.61 bits per heavy atom. The third-order valence-corrected chi connectivity index (χ3v) is 5.18. The van der Waals surface area contributed by atoms with Crippen molar-refractivity contribution in [2.45, 2.75) is 38.4 Å². The highest BCUT2D eigenvalue weighted by molar-refractivity contribution is 5.74. The average molecular weight is 385 g/mol. The summed E-state index contributed by atoms with van der Waals surface area (Å²) < 4.78 is 18.8. The number of benzene rings is 2. The second-order valence-electron chi connectivity index (χ2n) is 7.26. The summed E-state index contributed by atoms with van der Waals surface area (Å²) in [6, 6.07) is 14.3. The number of amides is 2. The van der Waals surface area contributed by atoms with Gasteiger partial charge in [-0.3, -0.25) is 4.90 Å². The molecular weight excluding hydrogens is 357 g/mol. The third kappa shape index (κ3) is 5.45. The van der Waals surface area contributed by atoms with Crippen LogP contribution in [0.4, 0.5) is 9.18 Å². The van der Waals surface area contributed by atoms with Crippen LogP contribution in [0.15, 0.2) is 48.5 Å². The van der Waals surface area contributed by atoms with Gasteiger partial charge in [-0.1, -0.05) is 30.3 Å². The van der Waals surface area contributed by atoms with E-state index in [0.717, 1.165) is 32.5 Å². The Hall–Kier alpha value is -2.60. The normalized spacial score (nSPS) is 16.4. The zero-order valence-corrected chi connectivity index (χ0v) is 16.5. The number of nitrogens with zero attached hydrogens (tertiary/aromatic N) is 1. The molecule has 1 fully saturated rings. The van der Waals surface area contributed by atoms with Crippen molar-refractivity contribution in [2.75, 3.05) is 20.2 Å². The van der Waals surface area contributed by atoms with Crippen LogP contribution in [-0.2, 0) is 6.54 Å². The molecule has 150 valence electrons. The molecule has 1 aliphatic rings. The summed E-state index contributed by atoms with van der Waals surface area (Å²) in [5.41, 5.74) is 1.93. The minimum Gasteiger partial charge on any atom is -0.496 e. The van der Waals surface area contributed by atoms with E-state index in [2.05, 4.69) is 39.8 Å². The Morgan fingerprint density at radius 1 is 1.21 bits per heavy atom. The Kier molecular flexibility index (Phi) is 6.87. The molecule has 0 aromatic heterocycles. The lowest BCUT2D eigenvalue weighted by atomic mass is 10.0. The van der Waals surface area contributed by atoms with Gasteiger partial charge in [-0.2, -0.15) is 0 Å². The second-order valence-corrected chi connectivity index (χ2v) is 7.26. The van der Waals surface area contributed by atoms with Crippen LogP contribution in [0.25, 0.3) is 0 Å². The van der Waals surface area contributed by atoms with Gasteiger partial charge in [-0.05, 0) is 43.5 Å². The fraction of sp³-hybridized carbons (Fsp3) is 0.409. The number of halogens is 1. The maximum absolute atomic E-state index is 13.6. The number of methoxy groups -OCH3 is 1. The Balaban J connectivity index is 1.46. The quantitative estimate of drug-likeness (QED) is 0.794. The standard InChI is InChI=1S/C22H28FN3O2/c1-16(20-14-18(23)8-9-21(20)28-2)24-22(27)25-19-10-12-26(13-11-19)15-17-6-4-3-5-7-17/h3-9,14,16,19H,10-13,15H2,1-2H3,(H2,24,25,27)/t16-/m1/s1. The number of carbonyl (C=O) groups is 1. The van der Waals surface area contributed by atoms with Crippen molar-refractivity contribution < 1.29 is 13.9 Å². The topological polar surface area (TPSA) is 53.6 Å². The van der Waals surface area contributed by atoms with Gasteiger partial charge >= 0.3 is 6.03 Å². The van der Waals surface area contributed by atoms with E-state index in [1.807, 2.05) is 13.0 Å². The Labute approximate surface area is 165 Å². The number of urea groups is 1. The van der Waals surface area contributed by atoms with Crippen molar-refractivity contribution in [2.24, 2.45) is 0 Å². The highest BCUT2D eigenvalue weighted by Gasteiger charge is 2.22. The second kappa shape index (κ2) is 9.55. The van der Waals surface area contributed by atoms with Crippen LogP contribution < -0.4 is 15.4 Å². The van der Waals surface area contributed by atoms with Crippen molar-refractivity contribution in [1.82, 2.24) is 15.5 Å². The molecule has 1 heterocycles. The van der Waals surface area contributed by atoms with E-state index in [4.69, 9.17) is 4.74 Å². The minimum atomic E-state index is -0.358.